The van der Waals surface area contributed by atoms with Gasteiger partial charge in [-0.05, 0) is 24.6 Å². The van der Waals surface area contributed by atoms with Crippen LogP contribution in [-0.4, -0.2) is 15.3 Å². The number of imidazole rings is 1. The van der Waals surface area contributed by atoms with Crippen LogP contribution in [0, 0.1) is 6.92 Å². The van der Waals surface area contributed by atoms with Gasteiger partial charge in [-0.1, -0.05) is 6.07 Å². The van der Waals surface area contributed by atoms with E-state index in [1.807, 2.05) is 43.3 Å². The second-order valence-corrected chi connectivity index (χ2v) is 5.16. The molecule has 0 spiro atoms. The summed E-state index contributed by atoms with van der Waals surface area (Å²) in [5, 5.41) is 0. The molecule has 0 saturated heterocycles. The van der Waals surface area contributed by atoms with Crippen molar-refractivity contribution in [2.45, 2.75) is 18.2 Å². The molecule has 0 bridgehead atoms. The maximum Gasteiger partial charge on any atom is 0.109 e. The molecule has 0 radical (unpaired) electrons. The lowest BCUT2D eigenvalue weighted by Crippen LogP contribution is -1.99. The lowest BCUT2D eigenvalue weighted by Gasteiger charge is -2.07. The van der Waals surface area contributed by atoms with E-state index >= 15 is 0 Å². The number of rotatable bonds is 4. The van der Waals surface area contributed by atoms with Crippen molar-refractivity contribution in [3.63, 3.8) is 0 Å². The zero-order valence-corrected chi connectivity index (χ0v) is 11.0. The van der Waals surface area contributed by atoms with Gasteiger partial charge in [0, 0.05) is 42.2 Å². The summed E-state index contributed by atoms with van der Waals surface area (Å²) in [5.41, 5.74) is 7.93. The van der Waals surface area contributed by atoms with E-state index in [1.165, 1.54) is 10.5 Å². The van der Waals surface area contributed by atoms with Gasteiger partial charge < -0.3 is 10.3 Å². The molecule has 0 aliphatic heterocycles. The van der Waals surface area contributed by atoms with Crippen molar-refractivity contribution in [2.24, 2.45) is 7.05 Å². The predicted octanol–water partition coefficient (Wildman–Crippen LogP) is 2.65. The first-order valence-corrected chi connectivity index (χ1v) is 6.61. The SMILES string of the molecule is Cc1c(N)cccc1SCCc1nccn1C. The molecule has 0 aliphatic carbocycles. The molecule has 2 N–H and O–H groups in total. The van der Waals surface area contributed by atoms with E-state index in [-0.39, 0.29) is 0 Å². The maximum absolute atomic E-state index is 5.88. The molecule has 90 valence electrons. The second kappa shape index (κ2) is 5.27. The van der Waals surface area contributed by atoms with Crippen LogP contribution in [0.15, 0.2) is 35.5 Å². The minimum Gasteiger partial charge on any atom is -0.398 e. The number of nitrogen functional groups attached to an aromatic ring is 1. The fraction of sp³-hybridized carbons (Fsp3) is 0.308. The maximum atomic E-state index is 5.88. The summed E-state index contributed by atoms with van der Waals surface area (Å²) in [6.45, 7) is 2.07. The molecule has 0 unspecified atom stereocenters. The molecule has 3 nitrogen and oxygen atoms in total. The number of nitrogens with zero attached hydrogens (tertiary/aromatic N) is 2. The van der Waals surface area contributed by atoms with E-state index in [1.54, 1.807) is 0 Å². The average Bonchev–Trinajstić information content (AvgIpc) is 2.71. The third-order valence-electron chi connectivity index (χ3n) is 2.83. The first-order chi connectivity index (χ1) is 8.18. The monoisotopic (exact) mass is 247 g/mol. The molecule has 0 amide bonds. The molecule has 2 aromatic rings. The summed E-state index contributed by atoms with van der Waals surface area (Å²) < 4.78 is 2.06. The number of aromatic nitrogens is 2. The molecule has 17 heavy (non-hydrogen) atoms. The van der Waals surface area contributed by atoms with Crippen molar-refractivity contribution >= 4 is 17.4 Å². The highest BCUT2D eigenvalue weighted by atomic mass is 32.2. The number of hydrogen-bond donors (Lipinski definition) is 1. The van der Waals surface area contributed by atoms with Gasteiger partial charge in [-0.15, -0.1) is 11.8 Å². The van der Waals surface area contributed by atoms with Gasteiger partial charge >= 0.3 is 0 Å². The predicted molar refractivity (Wildman–Crippen MR) is 73.2 cm³/mol. The number of thioether (sulfide) groups is 1. The molecule has 0 atom stereocenters. The van der Waals surface area contributed by atoms with Crippen LogP contribution in [0.25, 0.3) is 0 Å². The van der Waals surface area contributed by atoms with Gasteiger partial charge in [0.05, 0.1) is 0 Å². The third-order valence-corrected chi connectivity index (χ3v) is 3.99. The molecule has 4 heteroatoms. The first-order valence-electron chi connectivity index (χ1n) is 5.62. The fourth-order valence-corrected chi connectivity index (χ4v) is 2.69. The number of hydrogen-bond acceptors (Lipinski definition) is 3. The highest BCUT2D eigenvalue weighted by Crippen LogP contribution is 2.26. The Hall–Kier alpha value is -1.42. The van der Waals surface area contributed by atoms with E-state index in [0.717, 1.165) is 23.7 Å². The lowest BCUT2D eigenvalue weighted by molar-refractivity contribution is 0.811. The largest absolute Gasteiger partial charge is 0.398 e. The number of nitrogens with two attached hydrogens (primary N) is 1. The van der Waals surface area contributed by atoms with Crippen LogP contribution in [0.3, 0.4) is 0 Å². The van der Waals surface area contributed by atoms with Crippen LogP contribution in [0.2, 0.25) is 0 Å². The number of benzene rings is 1. The van der Waals surface area contributed by atoms with Crippen LogP contribution < -0.4 is 5.73 Å². The summed E-state index contributed by atoms with van der Waals surface area (Å²) in [6.07, 6.45) is 4.79. The number of aryl methyl sites for hydroxylation is 2. The second-order valence-electron chi connectivity index (χ2n) is 4.02. The zero-order valence-electron chi connectivity index (χ0n) is 10.2. The fourth-order valence-electron chi connectivity index (χ4n) is 1.68. The molecule has 0 fully saturated rings. The minimum absolute atomic E-state index is 0.868. The quantitative estimate of drug-likeness (QED) is 0.667. The summed E-state index contributed by atoms with van der Waals surface area (Å²) in [7, 11) is 2.03. The minimum atomic E-state index is 0.868. The van der Waals surface area contributed by atoms with E-state index in [9.17, 15) is 0 Å². The van der Waals surface area contributed by atoms with Crippen molar-refractivity contribution in [3.8, 4) is 0 Å². The van der Waals surface area contributed by atoms with E-state index in [4.69, 9.17) is 5.73 Å². The Morgan fingerprint density at radius 1 is 1.41 bits per heavy atom. The van der Waals surface area contributed by atoms with Crippen LogP contribution in [0.4, 0.5) is 5.69 Å². The van der Waals surface area contributed by atoms with E-state index in [2.05, 4.69) is 22.5 Å². The van der Waals surface area contributed by atoms with Gasteiger partial charge in [0.15, 0.2) is 0 Å². The molecule has 1 aromatic heterocycles. The van der Waals surface area contributed by atoms with Crippen molar-refractivity contribution < 1.29 is 0 Å². The smallest absolute Gasteiger partial charge is 0.109 e. The van der Waals surface area contributed by atoms with Gasteiger partial charge in [-0.25, -0.2) is 4.98 Å². The zero-order chi connectivity index (χ0) is 12.3. The van der Waals surface area contributed by atoms with E-state index in [0.29, 0.717) is 0 Å². The highest BCUT2D eigenvalue weighted by molar-refractivity contribution is 7.99. The Kier molecular flexibility index (Phi) is 3.74. The number of anilines is 1. The Morgan fingerprint density at radius 3 is 2.94 bits per heavy atom. The van der Waals surface area contributed by atoms with Gasteiger partial charge in [0.2, 0.25) is 0 Å². The third kappa shape index (κ3) is 2.82. The summed E-state index contributed by atoms with van der Waals surface area (Å²) in [4.78, 5) is 5.58. The summed E-state index contributed by atoms with van der Waals surface area (Å²) in [6, 6.07) is 6.07. The van der Waals surface area contributed by atoms with Gasteiger partial charge in [-0.3, -0.25) is 0 Å². The Morgan fingerprint density at radius 2 is 2.24 bits per heavy atom. The van der Waals surface area contributed by atoms with Gasteiger partial charge in [0.1, 0.15) is 5.82 Å². The Balaban J connectivity index is 1.95. The molecular formula is C13H17N3S. The van der Waals surface area contributed by atoms with Crippen molar-refractivity contribution in [1.29, 1.82) is 0 Å². The molecular weight excluding hydrogens is 230 g/mol. The Bertz CT molecular complexity index is 505. The van der Waals surface area contributed by atoms with E-state index < -0.39 is 0 Å². The topological polar surface area (TPSA) is 43.8 Å². The Labute approximate surface area is 106 Å². The van der Waals surface area contributed by atoms with Gasteiger partial charge in [-0.2, -0.15) is 0 Å². The molecule has 1 heterocycles. The van der Waals surface area contributed by atoms with Crippen LogP contribution >= 0.6 is 11.8 Å². The molecule has 0 aliphatic rings. The normalized spacial score (nSPS) is 10.7. The van der Waals surface area contributed by atoms with Crippen LogP contribution in [-0.2, 0) is 13.5 Å². The first kappa shape index (κ1) is 12.0. The summed E-state index contributed by atoms with van der Waals surface area (Å²) in [5.74, 6) is 2.15. The van der Waals surface area contributed by atoms with Crippen molar-refractivity contribution in [3.05, 3.63) is 42.0 Å². The average molecular weight is 247 g/mol. The highest BCUT2D eigenvalue weighted by Gasteiger charge is 2.03. The van der Waals surface area contributed by atoms with Crippen molar-refractivity contribution in [1.82, 2.24) is 9.55 Å². The molecule has 2 rings (SSSR count). The van der Waals surface area contributed by atoms with Crippen molar-refractivity contribution in [2.75, 3.05) is 11.5 Å². The standard InChI is InChI=1S/C13H17N3S/c1-10-11(14)4-3-5-12(10)17-9-6-13-15-7-8-16(13)2/h3-5,7-8H,6,9,14H2,1-2H3. The lowest BCUT2D eigenvalue weighted by atomic mass is 10.2. The molecule has 0 saturated carbocycles. The van der Waals surface area contributed by atoms with Gasteiger partial charge in [0.25, 0.3) is 0 Å². The summed E-state index contributed by atoms with van der Waals surface area (Å²) >= 11 is 1.83. The van der Waals surface area contributed by atoms with Crippen LogP contribution in [0.1, 0.15) is 11.4 Å². The molecule has 1 aromatic carbocycles. The van der Waals surface area contributed by atoms with Crippen LogP contribution in [0.5, 0.6) is 0 Å².